The Hall–Kier alpha value is -1.53. The summed E-state index contributed by atoms with van der Waals surface area (Å²) >= 11 is 0. The summed E-state index contributed by atoms with van der Waals surface area (Å²) in [6.45, 7) is 0.415. The number of nitrogens with two attached hydrogens (primary N) is 1. The fourth-order valence-corrected chi connectivity index (χ4v) is 1.73. The molecule has 0 radical (unpaired) electrons. The minimum Gasteiger partial charge on any atom is -0.364 e. The largest absolute Gasteiger partial charge is 0.364 e. The molecule has 1 aliphatic heterocycles. The van der Waals surface area contributed by atoms with Crippen molar-refractivity contribution in [1.29, 1.82) is 0 Å². The molecule has 0 bridgehead atoms. The summed E-state index contributed by atoms with van der Waals surface area (Å²) in [6, 6.07) is 2.64. The first kappa shape index (κ1) is 11.9. The van der Waals surface area contributed by atoms with Gasteiger partial charge in [-0.1, -0.05) is 0 Å². The average molecular weight is 239 g/mol. The van der Waals surface area contributed by atoms with Crippen LogP contribution in [0.5, 0.6) is 0 Å². The zero-order valence-corrected chi connectivity index (χ0v) is 9.23. The van der Waals surface area contributed by atoms with Crippen molar-refractivity contribution in [2.75, 3.05) is 11.9 Å². The van der Waals surface area contributed by atoms with Crippen molar-refractivity contribution in [3.05, 3.63) is 24.1 Å². The maximum Gasteiger partial charge on any atom is 0.254 e. The fourth-order valence-electron chi connectivity index (χ4n) is 1.73. The number of aromatic nitrogens is 1. The Kier molecular flexibility index (Phi) is 3.65. The molecule has 1 amide bonds. The van der Waals surface area contributed by atoms with Crippen molar-refractivity contribution < 1.29 is 13.9 Å². The third-order valence-electron chi connectivity index (χ3n) is 2.64. The Morgan fingerprint density at radius 3 is 3.00 bits per heavy atom. The molecule has 2 rings (SSSR count). The van der Waals surface area contributed by atoms with Crippen molar-refractivity contribution in [3.63, 3.8) is 0 Å². The Morgan fingerprint density at radius 2 is 2.41 bits per heavy atom. The van der Waals surface area contributed by atoms with Crippen LogP contribution in [0.4, 0.5) is 10.2 Å². The summed E-state index contributed by atoms with van der Waals surface area (Å²) in [7, 11) is 0. The number of anilines is 1. The van der Waals surface area contributed by atoms with Crippen molar-refractivity contribution in [2.45, 2.75) is 25.0 Å². The first-order chi connectivity index (χ1) is 8.19. The van der Waals surface area contributed by atoms with E-state index in [1.54, 1.807) is 0 Å². The molecule has 3 N–H and O–H groups in total. The second-order valence-electron chi connectivity index (χ2n) is 3.91. The lowest BCUT2D eigenvalue weighted by Crippen LogP contribution is -2.30. The molecule has 1 fully saturated rings. The van der Waals surface area contributed by atoms with Crippen LogP contribution < -0.4 is 11.1 Å². The summed E-state index contributed by atoms with van der Waals surface area (Å²) in [5.74, 6) is -0.389. The molecule has 0 unspecified atom stereocenters. The third-order valence-corrected chi connectivity index (χ3v) is 2.64. The number of carbonyl (C=O) groups excluding carboxylic acids is 1. The van der Waals surface area contributed by atoms with Crippen LogP contribution in [0.15, 0.2) is 18.3 Å². The average Bonchev–Trinajstić information content (AvgIpc) is 2.81. The van der Waals surface area contributed by atoms with E-state index in [4.69, 9.17) is 10.5 Å². The maximum atomic E-state index is 12.6. The number of halogens is 1. The molecule has 5 nitrogen and oxygen atoms in total. The Balaban J connectivity index is 1.91. The lowest BCUT2D eigenvalue weighted by Gasteiger charge is -2.12. The van der Waals surface area contributed by atoms with Crippen LogP contribution in [0.2, 0.25) is 0 Å². The van der Waals surface area contributed by atoms with E-state index in [0.29, 0.717) is 18.8 Å². The molecule has 0 aliphatic carbocycles. The number of nitrogens with zero attached hydrogens (tertiary/aromatic N) is 1. The van der Waals surface area contributed by atoms with Gasteiger partial charge in [0, 0.05) is 6.54 Å². The maximum absolute atomic E-state index is 12.6. The minimum absolute atomic E-state index is 0.0491. The van der Waals surface area contributed by atoms with E-state index >= 15 is 0 Å². The van der Waals surface area contributed by atoms with Gasteiger partial charge in [-0.15, -0.1) is 0 Å². The van der Waals surface area contributed by atoms with Crippen LogP contribution in [0, 0.1) is 5.82 Å². The Morgan fingerprint density at radius 1 is 1.59 bits per heavy atom. The zero-order valence-electron chi connectivity index (χ0n) is 9.23. The minimum atomic E-state index is -0.490. The predicted octanol–water partition coefficient (Wildman–Crippen LogP) is 0.665. The van der Waals surface area contributed by atoms with Gasteiger partial charge in [-0.05, 0) is 25.0 Å². The molecule has 0 spiro atoms. The van der Waals surface area contributed by atoms with Gasteiger partial charge < -0.3 is 15.8 Å². The highest BCUT2D eigenvalue weighted by Crippen LogP contribution is 2.20. The van der Waals surface area contributed by atoms with E-state index in [9.17, 15) is 9.18 Å². The highest BCUT2D eigenvalue weighted by Gasteiger charge is 2.29. The van der Waals surface area contributed by atoms with Crippen LogP contribution in [-0.4, -0.2) is 29.6 Å². The van der Waals surface area contributed by atoms with E-state index in [0.717, 1.165) is 12.6 Å². The summed E-state index contributed by atoms with van der Waals surface area (Å²) in [6.07, 6.45) is 1.94. The summed E-state index contributed by atoms with van der Waals surface area (Å²) < 4.78 is 18.0. The van der Waals surface area contributed by atoms with Gasteiger partial charge in [-0.3, -0.25) is 4.79 Å². The van der Waals surface area contributed by atoms with E-state index < -0.39 is 11.9 Å². The zero-order chi connectivity index (χ0) is 12.3. The van der Waals surface area contributed by atoms with Gasteiger partial charge in [-0.25, -0.2) is 9.37 Å². The number of hydrogen-bond donors (Lipinski definition) is 2. The first-order valence-electron chi connectivity index (χ1n) is 5.47. The van der Waals surface area contributed by atoms with Gasteiger partial charge >= 0.3 is 0 Å². The van der Waals surface area contributed by atoms with Gasteiger partial charge in [0.25, 0.3) is 5.91 Å². The number of carbonyl (C=O) groups is 1. The Bertz CT molecular complexity index is 396. The highest BCUT2D eigenvalue weighted by molar-refractivity contribution is 5.93. The van der Waals surface area contributed by atoms with E-state index in [2.05, 4.69) is 10.3 Å². The van der Waals surface area contributed by atoms with Crippen LogP contribution in [0.25, 0.3) is 0 Å². The third kappa shape index (κ3) is 2.98. The second kappa shape index (κ2) is 5.20. The van der Waals surface area contributed by atoms with Crippen molar-refractivity contribution in [3.8, 4) is 0 Å². The monoisotopic (exact) mass is 239 g/mol. The van der Waals surface area contributed by atoms with Crippen LogP contribution in [0.3, 0.4) is 0 Å². The number of amides is 1. The molecule has 1 aliphatic rings. The number of hydrogen-bond acceptors (Lipinski definition) is 4. The molecule has 6 heteroatoms. The number of nitrogens with one attached hydrogen (secondary N) is 1. The van der Waals surface area contributed by atoms with Gasteiger partial charge in [0.1, 0.15) is 17.7 Å². The molecule has 2 heterocycles. The quantitative estimate of drug-likeness (QED) is 0.812. The molecular formula is C11H14FN3O2. The standard InChI is InChI=1S/C11H14FN3O2/c12-7-1-4-10(14-6-7)15-11(16)9-3-2-8(5-13)17-9/h1,4,6,8-9H,2-3,5,13H2,(H,14,15,16)/t8-,9+/m1/s1. The van der Waals surface area contributed by atoms with Gasteiger partial charge in [0.2, 0.25) is 0 Å². The van der Waals surface area contributed by atoms with Crippen molar-refractivity contribution in [1.82, 2.24) is 4.98 Å². The number of rotatable bonds is 3. The van der Waals surface area contributed by atoms with E-state index in [-0.39, 0.29) is 12.0 Å². The first-order valence-corrected chi connectivity index (χ1v) is 5.47. The molecule has 17 heavy (non-hydrogen) atoms. The van der Waals surface area contributed by atoms with Crippen molar-refractivity contribution in [2.24, 2.45) is 5.73 Å². The smallest absolute Gasteiger partial charge is 0.254 e. The van der Waals surface area contributed by atoms with Crippen molar-refractivity contribution >= 4 is 11.7 Å². The molecule has 1 saturated heterocycles. The second-order valence-corrected chi connectivity index (χ2v) is 3.91. The topological polar surface area (TPSA) is 77.2 Å². The highest BCUT2D eigenvalue weighted by atomic mass is 19.1. The van der Waals surface area contributed by atoms with Crippen LogP contribution in [-0.2, 0) is 9.53 Å². The number of pyridine rings is 1. The molecule has 0 saturated carbocycles. The molecule has 1 aromatic heterocycles. The predicted molar refractivity (Wildman–Crippen MR) is 59.8 cm³/mol. The van der Waals surface area contributed by atoms with Gasteiger partial charge in [0.05, 0.1) is 12.3 Å². The molecule has 92 valence electrons. The molecular weight excluding hydrogens is 225 g/mol. The summed E-state index contributed by atoms with van der Waals surface area (Å²) in [4.78, 5) is 15.5. The summed E-state index contributed by atoms with van der Waals surface area (Å²) in [5.41, 5.74) is 5.45. The molecule has 1 aromatic rings. The van der Waals surface area contributed by atoms with Gasteiger partial charge in [0.15, 0.2) is 0 Å². The molecule has 0 aromatic carbocycles. The molecule has 2 atom stereocenters. The normalized spacial score (nSPS) is 23.6. The Labute approximate surface area is 98.2 Å². The van der Waals surface area contributed by atoms with E-state index in [1.807, 2.05) is 0 Å². The SMILES string of the molecule is NC[C@H]1CC[C@@H](C(=O)Nc2ccc(F)cn2)O1. The number of ether oxygens (including phenoxy) is 1. The van der Waals surface area contributed by atoms with Gasteiger partial charge in [-0.2, -0.15) is 0 Å². The van der Waals surface area contributed by atoms with Crippen LogP contribution in [0.1, 0.15) is 12.8 Å². The van der Waals surface area contributed by atoms with Crippen LogP contribution >= 0.6 is 0 Å². The lowest BCUT2D eigenvalue weighted by atomic mass is 10.2. The van der Waals surface area contributed by atoms with E-state index in [1.165, 1.54) is 12.1 Å². The fraction of sp³-hybridized carbons (Fsp3) is 0.455. The lowest BCUT2D eigenvalue weighted by molar-refractivity contribution is -0.126. The summed E-state index contributed by atoms with van der Waals surface area (Å²) in [5, 5.41) is 2.57.